The van der Waals surface area contributed by atoms with Crippen molar-refractivity contribution in [2.45, 2.75) is 18.1 Å². The molecule has 0 radical (unpaired) electrons. The van der Waals surface area contributed by atoms with Gasteiger partial charge in [0.2, 0.25) is 5.91 Å². The Morgan fingerprint density at radius 3 is 2.26 bits per heavy atom. The number of thioether (sulfide) groups is 1. The molecule has 1 fully saturated rings. The van der Waals surface area contributed by atoms with Crippen LogP contribution in [-0.4, -0.2) is 26.9 Å². The maximum Gasteiger partial charge on any atom is 0.335 e. The van der Waals surface area contributed by atoms with Crippen LogP contribution < -0.4 is 4.90 Å². The standard InChI is InChI=1S/C28H22N2O4S/c1-28(18-23-16-17-24(34-23)19-12-14-20(15-13-19)25(31)32)26(33)30(22-10-6-3-7-11-22)27(35-28)29-21-8-4-2-5-9-21/h2-17H,18H2,1H3,(H,31,32). The van der Waals surface area contributed by atoms with Crippen LogP contribution in [0.25, 0.3) is 11.3 Å². The summed E-state index contributed by atoms with van der Waals surface area (Å²) in [7, 11) is 0. The molecule has 1 aromatic heterocycles. The van der Waals surface area contributed by atoms with Gasteiger partial charge in [0.25, 0.3) is 0 Å². The van der Waals surface area contributed by atoms with Crippen LogP contribution in [0.1, 0.15) is 23.0 Å². The van der Waals surface area contributed by atoms with Crippen LogP contribution in [0, 0.1) is 0 Å². The third-order valence-corrected chi connectivity index (χ3v) is 6.97. The third kappa shape index (κ3) is 4.63. The average Bonchev–Trinajstić information content (AvgIpc) is 3.42. The Balaban J connectivity index is 1.44. The Labute approximate surface area is 206 Å². The molecule has 1 aliphatic heterocycles. The second-order valence-electron chi connectivity index (χ2n) is 8.36. The van der Waals surface area contributed by atoms with Gasteiger partial charge in [-0.15, -0.1) is 0 Å². The summed E-state index contributed by atoms with van der Waals surface area (Å²) in [4.78, 5) is 31.3. The molecule has 0 spiro atoms. The molecule has 2 heterocycles. The van der Waals surface area contributed by atoms with E-state index in [1.54, 1.807) is 29.2 Å². The van der Waals surface area contributed by atoms with Gasteiger partial charge in [0.05, 0.1) is 16.9 Å². The van der Waals surface area contributed by atoms with E-state index in [1.807, 2.05) is 79.7 Å². The predicted molar refractivity (Wildman–Crippen MR) is 138 cm³/mol. The average molecular weight is 483 g/mol. The lowest BCUT2D eigenvalue weighted by Crippen LogP contribution is -2.39. The number of amidine groups is 1. The summed E-state index contributed by atoms with van der Waals surface area (Å²) >= 11 is 1.43. The molecule has 3 aromatic carbocycles. The summed E-state index contributed by atoms with van der Waals surface area (Å²) in [6, 6.07) is 29.3. The van der Waals surface area contributed by atoms with E-state index in [0.29, 0.717) is 23.1 Å². The fourth-order valence-corrected chi connectivity index (χ4v) is 5.18. The van der Waals surface area contributed by atoms with Gasteiger partial charge in [-0.3, -0.25) is 9.69 Å². The number of benzene rings is 3. The van der Waals surface area contributed by atoms with Crippen molar-refractivity contribution in [3.8, 4) is 11.3 Å². The highest BCUT2D eigenvalue weighted by molar-refractivity contribution is 8.16. The zero-order chi connectivity index (χ0) is 24.4. The highest BCUT2D eigenvalue weighted by Gasteiger charge is 2.49. The molecular formula is C28H22N2O4S. The lowest BCUT2D eigenvalue weighted by molar-refractivity contribution is -0.119. The van der Waals surface area contributed by atoms with E-state index in [2.05, 4.69) is 0 Å². The molecule has 7 heteroatoms. The number of anilines is 1. The topological polar surface area (TPSA) is 83.1 Å². The van der Waals surface area contributed by atoms with E-state index in [1.165, 1.54) is 11.8 Å². The fraction of sp³-hybridized carbons (Fsp3) is 0.107. The number of carboxylic acid groups (broad SMARTS) is 1. The molecule has 1 unspecified atom stereocenters. The maximum atomic E-state index is 13.7. The SMILES string of the molecule is CC1(Cc2ccc(-c3ccc(C(=O)O)cc3)o2)SC(=Nc2ccccc2)N(c2ccccc2)C1=O. The molecule has 0 bridgehead atoms. The minimum Gasteiger partial charge on any atom is -0.478 e. The van der Waals surface area contributed by atoms with Crippen LogP contribution >= 0.6 is 11.8 Å². The van der Waals surface area contributed by atoms with Crippen molar-refractivity contribution in [3.63, 3.8) is 0 Å². The van der Waals surface area contributed by atoms with Crippen molar-refractivity contribution in [2.75, 3.05) is 4.90 Å². The van der Waals surface area contributed by atoms with Crippen LogP contribution in [-0.2, 0) is 11.2 Å². The van der Waals surface area contributed by atoms with Gasteiger partial charge in [0.1, 0.15) is 16.3 Å². The van der Waals surface area contributed by atoms with Crippen LogP contribution in [0.3, 0.4) is 0 Å². The first-order valence-corrected chi connectivity index (χ1v) is 11.9. The highest BCUT2D eigenvalue weighted by atomic mass is 32.2. The molecule has 1 saturated heterocycles. The van der Waals surface area contributed by atoms with Crippen molar-refractivity contribution in [2.24, 2.45) is 4.99 Å². The summed E-state index contributed by atoms with van der Waals surface area (Å²) in [6.07, 6.45) is 0.376. The van der Waals surface area contributed by atoms with Gasteiger partial charge in [-0.05, 0) is 55.5 Å². The van der Waals surface area contributed by atoms with Gasteiger partial charge in [0.15, 0.2) is 5.17 Å². The summed E-state index contributed by atoms with van der Waals surface area (Å²) in [5.41, 5.74) is 2.53. The Kier molecular flexibility index (Phi) is 6.01. The zero-order valence-electron chi connectivity index (χ0n) is 18.9. The van der Waals surface area contributed by atoms with Gasteiger partial charge in [-0.25, -0.2) is 9.79 Å². The molecule has 0 aliphatic carbocycles. The Bertz CT molecular complexity index is 1400. The monoisotopic (exact) mass is 482 g/mol. The second-order valence-corrected chi connectivity index (χ2v) is 9.83. The van der Waals surface area contributed by atoms with E-state index in [-0.39, 0.29) is 11.5 Å². The molecule has 1 atom stereocenters. The summed E-state index contributed by atoms with van der Waals surface area (Å²) < 4.78 is 5.25. The molecular weight excluding hydrogens is 460 g/mol. The molecule has 1 aliphatic rings. The molecule has 4 aromatic rings. The first-order chi connectivity index (χ1) is 16.9. The molecule has 6 nitrogen and oxygen atoms in total. The Morgan fingerprint density at radius 1 is 0.943 bits per heavy atom. The third-order valence-electron chi connectivity index (χ3n) is 5.75. The molecule has 5 rings (SSSR count). The number of carboxylic acids is 1. The van der Waals surface area contributed by atoms with E-state index in [4.69, 9.17) is 14.5 Å². The number of aliphatic imine (C=N–C) groups is 1. The first kappa shape index (κ1) is 22.7. The number of rotatable bonds is 6. The predicted octanol–water partition coefficient (Wildman–Crippen LogP) is 6.41. The lowest BCUT2D eigenvalue weighted by atomic mass is 10.0. The maximum absolute atomic E-state index is 13.7. The molecule has 1 N–H and O–H groups in total. The summed E-state index contributed by atoms with van der Waals surface area (Å²) in [5.74, 6) is 0.248. The summed E-state index contributed by atoms with van der Waals surface area (Å²) in [6.45, 7) is 1.91. The number of para-hydroxylation sites is 2. The van der Waals surface area contributed by atoms with Gasteiger partial charge in [0, 0.05) is 12.0 Å². The van der Waals surface area contributed by atoms with Crippen molar-refractivity contribution in [1.82, 2.24) is 0 Å². The van der Waals surface area contributed by atoms with Crippen LogP contribution in [0.15, 0.2) is 106 Å². The van der Waals surface area contributed by atoms with E-state index < -0.39 is 10.7 Å². The number of nitrogens with zero attached hydrogens (tertiary/aromatic N) is 2. The van der Waals surface area contributed by atoms with Gasteiger partial charge in [-0.2, -0.15) is 0 Å². The number of furan rings is 1. The van der Waals surface area contributed by atoms with E-state index in [0.717, 1.165) is 16.9 Å². The van der Waals surface area contributed by atoms with Gasteiger partial charge < -0.3 is 9.52 Å². The van der Waals surface area contributed by atoms with Gasteiger partial charge >= 0.3 is 5.97 Å². The second kappa shape index (κ2) is 9.27. The van der Waals surface area contributed by atoms with E-state index in [9.17, 15) is 9.59 Å². The number of hydrogen-bond acceptors (Lipinski definition) is 5. The van der Waals surface area contributed by atoms with Crippen molar-refractivity contribution >= 4 is 40.2 Å². The summed E-state index contributed by atoms with van der Waals surface area (Å²) in [5, 5.41) is 9.73. The van der Waals surface area contributed by atoms with Gasteiger partial charge in [-0.1, -0.05) is 60.3 Å². The Morgan fingerprint density at radius 2 is 1.60 bits per heavy atom. The normalized spacial score (nSPS) is 18.8. The number of carbonyl (C=O) groups is 2. The minimum atomic E-state index is -0.975. The number of hydrogen-bond donors (Lipinski definition) is 1. The zero-order valence-corrected chi connectivity index (χ0v) is 19.7. The number of amides is 1. The van der Waals surface area contributed by atoms with Crippen molar-refractivity contribution < 1.29 is 19.1 Å². The number of carbonyl (C=O) groups excluding carboxylic acids is 1. The van der Waals surface area contributed by atoms with Crippen LogP contribution in [0.4, 0.5) is 11.4 Å². The Hall–Kier alpha value is -4.10. The van der Waals surface area contributed by atoms with Crippen molar-refractivity contribution in [1.29, 1.82) is 0 Å². The van der Waals surface area contributed by atoms with Crippen molar-refractivity contribution in [3.05, 3.63) is 108 Å². The highest BCUT2D eigenvalue weighted by Crippen LogP contribution is 2.43. The lowest BCUT2D eigenvalue weighted by Gasteiger charge is -2.20. The molecule has 174 valence electrons. The molecule has 1 amide bonds. The van der Waals surface area contributed by atoms with Crippen LogP contribution in [0.2, 0.25) is 0 Å². The minimum absolute atomic E-state index is 0.0628. The first-order valence-electron chi connectivity index (χ1n) is 11.1. The molecule has 0 saturated carbocycles. The quantitative estimate of drug-likeness (QED) is 0.343. The van der Waals surface area contributed by atoms with Crippen LogP contribution in [0.5, 0.6) is 0 Å². The molecule has 35 heavy (non-hydrogen) atoms. The fourth-order valence-electron chi connectivity index (χ4n) is 3.95. The van der Waals surface area contributed by atoms with E-state index >= 15 is 0 Å². The largest absolute Gasteiger partial charge is 0.478 e. The smallest absolute Gasteiger partial charge is 0.335 e. The number of aromatic carboxylic acids is 1.